The smallest absolute Gasteiger partial charge is 0.442 e. The summed E-state index contributed by atoms with van der Waals surface area (Å²) in [4.78, 5) is 71.0. The molecule has 0 radical (unpaired) electrons. The summed E-state index contributed by atoms with van der Waals surface area (Å²) in [5.74, 6) is -1.76. The quantitative estimate of drug-likeness (QED) is 0.0631. The van der Waals surface area contributed by atoms with Crippen molar-refractivity contribution in [2.75, 3.05) is 11.5 Å². The Balaban J connectivity index is 0.000000281. The number of fused-ring (bicyclic) bond motifs is 2. The molecule has 0 N–H and O–H groups in total. The molecule has 2 amide bonds. The van der Waals surface area contributed by atoms with Gasteiger partial charge in [0.2, 0.25) is 0 Å². The van der Waals surface area contributed by atoms with E-state index in [0.717, 1.165) is 21.8 Å². The molecular weight excluding hydrogens is 1020 g/mol. The Bertz CT molecular complexity index is 2970. The molecule has 6 aromatic rings. The second kappa shape index (κ2) is 24.6. The fraction of sp³-hybridized carbons (Fsp3) is 0.393. The lowest BCUT2D eigenvalue weighted by molar-refractivity contribution is -0.153. The van der Waals surface area contributed by atoms with Crippen LogP contribution in [0.4, 0.5) is 19.2 Å². The van der Waals surface area contributed by atoms with Crippen molar-refractivity contribution in [3.63, 3.8) is 0 Å². The zero-order valence-corrected chi connectivity index (χ0v) is 46.6. The van der Waals surface area contributed by atoms with Gasteiger partial charge in [-0.25, -0.2) is 36.0 Å². The molecule has 0 bridgehead atoms. The minimum absolute atomic E-state index is 0.331. The Morgan fingerprint density at radius 2 is 0.750 bits per heavy atom. The van der Waals surface area contributed by atoms with Crippen LogP contribution >= 0.6 is 0 Å². The summed E-state index contributed by atoms with van der Waals surface area (Å²) in [5.41, 5.74) is -0.353. The Kier molecular flexibility index (Phi) is 19.2. The van der Waals surface area contributed by atoms with Crippen LogP contribution < -0.4 is 0 Å². The normalized spacial score (nSPS) is 13.0. The number of ether oxygens (including phenoxy) is 4. The van der Waals surface area contributed by atoms with E-state index < -0.39 is 90.2 Å². The summed E-state index contributed by atoms with van der Waals surface area (Å²) in [6, 6.07) is 32.8. The van der Waals surface area contributed by atoms with E-state index >= 15 is 0 Å². The van der Waals surface area contributed by atoms with E-state index in [4.69, 9.17) is 28.6 Å². The monoisotopic (exact) mass is 1080 g/mol. The van der Waals surface area contributed by atoms with Gasteiger partial charge in [0, 0.05) is 23.2 Å². The van der Waals surface area contributed by atoms with Gasteiger partial charge in [0.15, 0.2) is 19.7 Å². The number of hydrogen-bond acceptors (Lipinski definition) is 16. The topological polar surface area (TPSA) is 224 Å². The van der Waals surface area contributed by atoms with Gasteiger partial charge >= 0.3 is 24.5 Å². The number of amides is 2. The molecule has 0 saturated carbocycles. The van der Waals surface area contributed by atoms with Gasteiger partial charge in [-0.2, -0.15) is 0 Å². The van der Waals surface area contributed by atoms with Crippen LogP contribution in [0.2, 0.25) is 0 Å². The Hall–Kier alpha value is -7.32. The van der Waals surface area contributed by atoms with E-state index in [1.165, 1.54) is 12.4 Å². The van der Waals surface area contributed by atoms with Crippen LogP contribution in [-0.4, -0.2) is 95.3 Å². The van der Waals surface area contributed by atoms with Gasteiger partial charge in [-0.05, 0) is 130 Å². The first-order valence-corrected chi connectivity index (χ1v) is 27.9. The standard InChI is InChI=1S/2C28H34N2O7S/c2*1-27(2,3)35-25(31)30(37-26(32)36-28(4,5)6)24(21-12-8-7-9-13-21)19-38(33,34)18-20-16-22-14-10-11-15-23(22)29-17-20/h2*7-17,24H,18-19H2,1-6H3/t2*24-/m11/s1. The highest BCUT2D eigenvalue weighted by Crippen LogP contribution is 2.30. The first-order chi connectivity index (χ1) is 35.2. The molecule has 0 saturated heterocycles. The highest BCUT2D eigenvalue weighted by Gasteiger charge is 2.39. The summed E-state index contributed by atoms with van der Waals surface area (Å²) in [7, 11) is -7.73. The molecule has 0 spiro atoms. The summed E-state index contributed by atoms with van der Waals surface area (Å²) in [6.45, 7) is 19.8. The molecule has 2 heterocycles. The third-order valence-electron chi connectivity index (χ3n) is 10.1. The molecule has 6 rings (SSSR count). The molecule has 0 aliphatic heterocycles. The number of nitrogens with zero attached hydrogens (tertiary/aromatic N) is 4. The first-order valence-electron chi connectivity index (χ1n) is 24.3. The van der Waals surface area contributed by atoms with Gasteiger partial charge in [0.25, 0.3) is 0 Å². The maximum absolute atomic E-state index is 13.5. The van der Waals surface area contributed by atoms with Gasteiger partial charge in [0.05, 0.1) is 34.0 Å². The van der Waals surface area contributed by atoms with E-state index in [1.54, 1.807) is 156 Å². The van der Waals surface area contributed by atoms with E-state index in [9.17, 15) is 36.0 Å². The average Bonchev–Trinajstić information content (AvgIpc) is 3.29. The van der Waals surface area contributed by atoms with Gasteiger partial charge in [0.1, 0.15) is 34.5 Å². The number of sulfone groups is 2. The van der Waals surface area contributed by atoms with Gasteiger partial charge in [-0.15, -0.1) is 10.1 Å². The number of benzene rings is 4. The molecule has 408 valence electrons. The van der Waals surface area contributed by atoms with Crippen molar-refractivity contribution >= 4 is 66.0 Å². The van der Waals surface area contributed by atoms with Crippen LogP contribution in [-0.2, 0) is 59.8 Å². The van der Waals surface area contributed by atoms with Crippen molar-refractivity contribution in [2.24, 2.45) is 0 Å². The summed E-state index contributed by atoms with van der Waals surface area (Å²) >= 11 is 0. The zero-order valence-electron chi connectivity index (χ0n) is 45.0. The lowest BCUT2D eigenvalue weighted by Crippen LogP contribution is -2.44. The summed E-state index contributed by atoms with van der Waals surface area (Å²) in [5, 5.41) is 2.90. The predicted molar refractivity (Wildman–Crippen MR) is 288 cm³/mol. The van der Waals surface area contributed by atoms with Crippen LogP contribution in [0.5, 0.6) is 0 Å². The summed E-state index contributed by atoms with van der Waals surface area (Å²) in [6.07, 6.45) is -1.36. The predicted octanol–water partition coefficient (Wildman–Crippen LogP) is 12.0. The minimum atomic E-state index is -3.87. The summed E-state index contributed by atoms with van der Waals surface area (Å²) < 4.78 is 75.3. The van der Waals surface area contributed by atoms with Crippen molar-refractivity contribution in [2.45, 2.75) is 129 Å². The van der Waals surface area contributed by atoms with Crippen molar-refractivity contribution in [1.29, 1.82) is 0 Å². The lowest BCUT2D eigenvalue weighted by atomic mass is 10.1. The third-order valence-corrected chi connectivity index (χ3v) is 13.3. The maximum Gasteiger partial charge on any atom is 0.534 e. The largest absolute Gasteiger partial charge is 0.534 e. The number of carbonyl (C=O) groups is 4. The maximum atomic E-state index is 13.5. The molecule has 18 nitrogen and oxygen atoms in total. The number of rotatable bonds is 12. The highest BCUT2D eigenvalue weighted by molar-refractivity contribution is 7.90. The number of aromatic nitrogens is 2. The third kappa shape index (κ3) is 19.8. The number of pyridine rings is 2. The molecular formula is C56H68N4O14S2. The van der Waals surface area contributed by atoms with E-state index in [2.05, 4.69) is 9.97 Å². The van der Waals surface area contributed by atoms with Gasteiger partial charge in [-0.3, -0.25) is 19.6 Å². The van der Waals surface area contributed by atoms with Crippen LogP contribution in [0.25, 0.3) is 21.8 Å². The van der Waals surface area contributed by atoms with Gasteiger partial charge < -0.3 is 18.9 Å². The fourth-order valence-electron chi connectivity index (χ4n) is 7.21. The van der Waals surface area contributed by atoms with Crippen LogP contribution in [0.3, 0.4) is 0 Å². The minimum Gasteiger partial charge on any atom is -0.442 e. The van der Waals surface area contributed by atoms with Crippen LogP contribution in [0.1, 0.15) is 117 Å². The molecule has 2 aromatic heterocycles. The molecule has 0 unspecified atom stereocenters. The molecule has 0 fully saturated rings. The number of para-hydroxylation sites is 2. The van der Waals surface area contributed by atoms with Gasteiger partial charge in [-0.1, -0.05) is 97.1 Å². The van der Waals surface area contributed by atoms with E-state index in [-0.39, 0.29) is 11.5 Å². The van der Waals surface area contributed by atoms with Crippen molar-refractivity contribution < 1.29 is 64.6 Å². The lowest BCUT2D eigenvalue weighted by Gasteiger charge is -2.32. The second-order valence-corrected chi connectivity index (χ2v) is 26.0. The second-order valence-electron chi connectivity index (χ2n) is 21.8. The number of hydroxylamine groups is 4. The Morgan fingerprint density at radius 1 is 0.447 bits per heavy atom. The van der Waals surface area contributed by atoms with E-state index in [0.29, 0.717) is 32.4 Å². The molecule has 0 aliphatic carbocycles. The van der Waals surface area contributed by atoms with E-state index in [1.807, 2.05) is 48.5 Å². The highest BCUT2D eigenvalue weighted by atomic mass is 32.2. The molecule has 76 heavy (non-hydrogen) atoms. The fourth-order valence-corrected chi connectivity index (χ4v) is 10.4. The number of hydrogen-bond donors (Lipinski definition) is 0. The SMILES string of the molecule is CC(C)(C)OC(=O)ON(C(=O)OC(C)(C)C)[C@H](CS(=O)(=O)Cc1cnc2ccccc2c1)c1ccccc1.CC(C)(C)OC(=O)ON(C(=O)OC(C)(C)C)[C@H](CS(=O)(=O)Cc1cnc2ccccc2c1)c1ccccc1. The van der Waals surface area contributed by atoms with Crippen LogP contribution in [0, 0.1) is 0 Å². The van der Waals surface area contributed by atoms with Crippen molar-refractivity contribution in [3.05, 3.63) is 156 Å². The van der Waals surface area contributed by atoms with Crippen molar-refractivity contribution in [1.82, 2.24) is 20.1 Å². The molecule has 4 aromatic carbocycles. The Labute approximate surface area is 445 Å². The first kappa shape index (κ1) is 59.6. The van der Waals surface area contributed by atoms with Crippen LogP contribution in [0.15, 0.2) is 134 Å². The zero-order chi connectivity index (χ0) is 56.3. The Morgan fingerprint density at radius 3 is 1.07 bits per heavy atom. The van der Waals surface area contributed by atoms with Crippen molar-refractivity contribution in [3.8, 4) is 0 Å². The molecule has 0 aliphatic rings. The average molecular weight is 1090 g/mol. The number of carbonyl (C=O) groups excluding carboxylic acids is 4. The molecule has 2 atom stereocenters. The molecule has 20 heteroatoms.